The van der Waals surface area contributed by atoms with E-state index in [9.17, 15) is 4.79 Å². The van der Waals surface area contributed by atoms with Gasteiger partial charge in [0.05, 0.1) is 6.04 Å². The number of nitrogens with one attached hydrogen (secondary N) is 1. The van der Waals surface area contributed by atoms with Gasteiger partial charge in [-0.3, -0.25) is 4.79 Å². The van der Waals surface area contributed by atoms with E-state index in [-0.39, 0.29) is 11.2 Å². The number of halogens is 3. The summed E-state index contributed by atoms with van der Waals surface area (Å²) in [6.07, 6.45) is 3.14. The van der Waals surface area contributed by atoms with E-state index in [2.05, 4.69) is 25.4 Å². The Kier molecular flexibility index (Phi) is 5.17. The van der Waals surface area contributed by atoms with Gasteiger partial charge in [-0.25, -0.2) is 9.97 Å². The van der Waals surface area contributed by atoms with Crippen LogP contribution in [-0.4, -0.2) is 30.6 Å². The highest BCUT2D eigenvalue weighted by Gasteiger charge is 2.21. The zero-order valence-electron chi connectivity index (χ0n) is 12.8. The van der Waals surface area contributed by atoms with Crippen molar-refractivity contribution < 1.29 is 4.79 Å². The molecule has 2 heterocycles. The Balaban J connectivity index is 1.87. The summed E-state index contributed by atoms with van der Waals surface area (Å²) in [5.74, 6) is 0.318. The number of nitrogens with zero attached hydrogens (tertiary/aromatic N) is 5. The first kappa shape index (κ1) is 17.6. The highest BCUT2D eigenvalue weighted by atomic mass is 35.5. The number of amides is 1. The summed E-state index contributed by atoms with van der Waals surface area (Å²) in [4.78, 5) is 24.8. The molecule has 2 aromatic heterocycles. The van der Waals surface area contributed by atoms with Crippen molar-refractivity contribution in [2.75, 3.05) is 0 Å². The van der Waals surface area contributed by atoms with Crippen LogP contribution in [0.2, 0.25) is 15.3 Å². The highest BCUT2D eigenvalue weighted by molar-refractivity contribution is 6.35. The third kappa shape index (κ3) is 4.07. The molecule has 0 saturated carbocycles. The van der Waals surface area contributed by atoms with E-state index in [1.807, 2.05) is 0 Å². The summed E-state index contributed by atoms with van der Waals surface area (Å²) in [7, 11) is 0. The molecule has 0 aliphatic heterocycles. The van der Waals surface area contributed by atoms with Gasteiger partial charge in [-0.2, -0.15) is 9.67 Å². The summed E-state index contributed by atoms with van der Waals surface area (Å²) in [6.45, 7) is 1.74. The number of rotatable bonds is 4. The second-order valence-corrected chi connectivity index (χ2v) is 6.26. The summed E-state index contributed by atoms with van der Waals surface area (Å²) >= 11 is 17.8. The van der Waals surface area contributed by atoms with E-state index < -0.39 is 6.04 Å². The maximum atomic E-state index is 12.4. The highest BCUT2D eigenvalue weighted by Crippen LogP contribution is 2.21. The second kappa shape index (κ2) is 7.35. The molecule has 0 spiro atoms. The van der Waals surface area contributed by atoms with Gasteiger partial charge >= 0.3 is 0 Å². The predicted octanol–water partition coefficient (Wildman–Crippen LogP) is 3.51. The van der Waals surface area contributed by atoms with Crippen LogP contribution in [0.1, 0.15) is 29.1 Å². The van der Waals surface area contributed by atoms with Crippen LogP contribution in [0.15, 0.2) is 36.7 Å². The molecule has 1 atom stereocenters. The van der Waals surface area contributed by atoms with Gasteiger partial charge in [0.15, 0.2) is 5.82 Å². The summed E-state index contributed by atoms with van der Waals surface area (Å²) in [5, 5.41) is 7.62. The van der Waals surface area contributed by atoms with Gasteiger partial charge in [-0.15, -0.1) is 5.10 Å². The Morgan fingerprint density at radius 3 is 2.40 bits per heavy atom. The molecule has 0 fully saturated rings. The molecule has 3 aromatic rings. The standard InChI is InChI=1S/C15H11Cl3N6O/c1-8(21-13(25)9-5-10(16)7-11(17)6-9)12-22-14(18)23-24(12)15-19-3-2-4-20-15/h2-8H,1H3,(H,21,25). The van der Waals surface area contributed by atoms with Gasteiger partial charge in [0.1, 0.15) is 0 Å². The normalized spacial score (nSPS) is 12.0. The van der Waals surface area contributed by atoms with Gasteiger partial charge in [0, 0.05) is 28.0 Å². The summed E-state index contributed by atoms with van der Waals surface area (Å²) < 4.78 is 1.37. The molecule has 0 aliphatic carbocycles. The van der Waals surface area contributed by atoms with Crippen molar-refractivity contribution in [1.82, 2.24) is 30.0 Å². The lowest BCUT2D eigenvalue weighted by atomic mass is 10.2. The number of hydrogen-bond acceptors (Lipinski definition) is 5. The fourth-order valence-electron chi connectivity index (χ4n) is 2.16. The van der Waals surface area contributed by atoms with Crippen molar-refractivity contribution >= 4 is 40.7 Å². The number of carbonyl (C=O) groups excluding carboxylic acids is 1. The van der Waals surface area contributed by atoms with Gasteiger partial charge < -0.3 is 5.32 Å². The van der Waals surface area contributed by atoms with Gasteiger partial charge in [0.25, 0.3) is 11.9 Å². The smallest absolute Gasteiger partial charge is 0.252 e. The van der Waals surface area contributed by atoms with E-state index in [1.54, 1.807) is 31.5 Å². The molecular formula is C15H11Cl3N6O. The van der Waals surface area contributed by atoms with Crippen molar-refractivity contribution in [3.63, 3.8) is 0 Å². The molecule has 1 aromatic carbocycles. The van der Waals surface area contributed by atoms with E-state index in [1.165, 1.54) is 16.8 Å². The molecule has 0 saturated heterocycles. The third-order valence-corrected chi connectivity index (χ3v) is 3.80. The average Bonchev–Trinajstić information content (AvgIpc) is 2.97. The lowest BCUT2D eigenvalue weighted by Gasteiger charge is -2.14. The molecule has 1 N–H and O–H groups in total. The zero-order chi connectivity index (χ0) is 18.0. The fourth-order valence-corrected chi connectivity index (χ4v) is 2.84. The van der Waals surface area contributed by atoms with Crippen LogP contribution < -0.4 is 5.32 Å². The number of benzene rings is 1. The maximum absolute atomic E-state index is 12.4. The quantitative estimate of drug-likeness (QED) is 0.728. The SMILES string of the molecule is CC(NC(=O)c1cc(Cl)cc(Cl)c1)c1nc(Cl)nn1-c1ncccn1. The number of aromatic nitrogens is 5. The van der Waals surface area contributed by atoms with Crippen molar-refractivity contribution in [3.8, 4) is 5.95 Å². The molecule has 0 bridgehead atoms. The second-order valence-electron chi connectivity index (χ2n) is 5.05. The van der Waals surface area contributed by atoms with Crippen molar-refractivity contribution in [3.05, 3.63) is 63.4 Å². The lowest BCUT2D eigenvalue weighted by Crippen LogP contribution is -2.29. The molecule has 1 unspecified atom stereocenters. The van der Waals surface area contributed by atoms with Crippen LogP contribution >= 0.6 is 34.8 Å². The van der Waals surface area contributed by atoms with Gasteiger partial charge in [0.2, 0.25) is 5.28 Å². The minimum atomic E-state index is -0.519. The first-order valence-corrected chi connectivity index (χ1v) is 8.24. The number of carbonyl (C=O) groups is 1. The van der Waals surface area contributed by atoms with Crippen molar-refractivity contribution in [2.24, 2.45) is 0 Å². The molecule has 3 rings (SSSR count). The fraction of sp³-hybridized carbons (Fsp3) is 0.133. The molecular weight excluding hydrogens is 387 g/mol. The largest absolute Gasteiger partial charge is 0.342 e. The topological polar surface area (TPSA) is 85.6 Å². The molecule has 10 heteroatoms. The summed E-state index contributed by atoms with van der Waals surface area (Å²) in [6, 6.07) is 5.75. The molecule has 25 heavy (non-hydrogen) atoms. The molecule has 1 amide bonds. The van der Waals surface area contributed by atoms with Gasteiger partial charge in [-0.05, 0) is 42.8 Å². The first-order valence-electron chi connectivity index (χ1n) is 7.11. The average molecular weight is 398 g/mol. The molecule has 0 radical (unpaired) electrons. The van der Waals surface area contributed by atoms with Crippen LogP contribution in [0.4, 0.5) is 0 Å². The van der Waals surface area contributed by atoms with Crippen LogP contribution in [0.5, 0.6) is 0 Å². The molecule has 128 valence electrons. The lowest BCUT2D eigenvalue weighted by molar-refractivity contribution is 0.0938. The Morgan fingerprint density at radius 2 is 1.76 bits per heavy atom. The maximum Gasteiger partial charge on any atom is 0.252 e. The third-order valence-electron chi connectivity index (χ3n) is 3.21. The number of hydrogen-bond donors (Lipinski definition) is 1. The monoisotopic (exact) mass is 396 g/mol. The minimum Gasteiger partial charge on any atom is -0.342 e. The van der Waals surface area contributed by atoms with E-state index >= 15 is 0 Å². The van der Waals surface area contributed by atoms with Gasteiger partial charge in [-0.1, -0.05) is 23.2 Å². The first-order chi connectivity index (χ1) is 11.9. The zero-order valence-corrected chi connectivity index (χ0v) is 15.1. The van der Waals surface area contributed by atoms with Crippen molar-refractivity contribution in [1.29, 1.82) is 0 Å². The van der Waals surface area contributed by atoms with E-state index in [0.29, 0.717) is 27.4 Å². The Labute approximate surface area is 158 Å². The summed E-state index contributed by atoms with van der Waals surface area (Å²) in [5.41, 5.74) is 0.331. The Hall–Kier alpha value is -2.22. The van der Waals surface area contributed by atoms with E-state index in [4.69, 9.17) is 34.8 Å². The predicted molar refractivity (Wildman–Crippen MR) is 94.3 cm³/mol. The Morgan fingerprint density at radius 1 is 1.12 bits per heavy atom. The Bertz CT molecular complexity index is 895. The van der Waals surface area contributed by atoms with E-state index in [0.717, 1.165) is 0 Å². The molecule has 0 aliphatic rings. The molecule has 7 nitrogen and oxygen atoms in total. The minimum absolute atomic E-state index is 0.0225. The van der Waals surface area contributed by atoms with Crippen molar-refractivity contribution in [2.45, 2.75) is 13.0 Å². The van der Waals surface area contributed by atoms with Crippen LogP contribution in [0.25, 0.3) is 5.95 Å². The van der Waals surface area contributed by atoms with Crippen LogP contribution in [0, 0.1) is 0 Å². The van der Waals surface area contributed by atoms with Crippen LogP contribution in [0.3, 0.4) is 0 Å². The van der Waals surface area contributed by atoms with Crippen LogP contribution in [-0.2, 0) is 0 Å².